The summed E-state index contributed by atoms with van der Waals surface area (Å²) in [5.41, 5.74) is 3.54. The van der Waals surface area contributed by atoms with E-state index in [-0.39, 0.29) is 16.8 Å². The molecule has 0 bridgehead atoms. The average molecular weight is 480 g/mol. The standard InChI is InChI=1S/C29H21FN2O4/c1-4-16-13-19-25(33)24(17-9-11-18(30)12-10-17)15(2)35-27(19)20-14-21(29(34)36-26(16)20)28-31-22-7-5-6-8-23(22)32(28)3/h5-14H,4H2,1-3H3. The molecule has 0 N–H and O–H groups in total. The van der Waals surface area contributed by atoms with Gasteiger partial charge in [0.05, 0.1) is 27.4 Å². The van der Waals surface area contributed by atoms with Gasteiger partial charge >= 0.3 is 5.63 Å². The minimum atomic E-state index is -0.517. The lowest BCUT2D eigenvalue weighted by atomic mass is 9.98. The van der Waals surface area contributed by atoms with Gasteiger partial charge in [0.2, 0.25) is 5.43 Å². The Balaban J connectivity index is 1.70. The number of benzene rings is 3. The predicted octanol–water partition coefficient (Wildman–Crippen LogP) is 6.13. The number of nitrogens with zero attached hydrogens (tertiary/aromatic N) is 2. The van der Waals surface area contributed by atoms with Crippen molar-refractivity contribution in [3.8, 4) is 22.5 Å². The fraction of sp³-hybridized carbons (Fsp3) is 0.138. The van der Waals surface area contributed by atoms with Crippen molar-refractivity contribution < 1.29 is 13.2 Å². The summed E-state index contributed by atoms with van der Waals surface area (Å²) in [5.74, 6) is 0.467. The Morgan fingerprint density at radius 1 is 0.944 bits per heavy atom. The summed E-state index contributed by atoms with van der Waals surface area (Å²) in [4.78, 5) is 31.5. The molecule has 0 aliphatic rings. The van der Waals surface area contributed by atoms with Crippen molar-refractivity contribution >= 4 is 33.0 Å². The number of para-hydroxylation sites is 2. The number of hydrogen-bond donors (Lipinski definition) is 0. The third kappa shape index (κ3) is 3.20. The molecule has 0 amide bonds. The Morgan fingerprint density at radius 3 is 2.42 bits per heavy atom. The molecule has 7 heteroatoms. The van der Waals surface area contributed by atoms with Crippen molar-refractivity contribution in [2.45, 2.75) is 20.3 Å². The highest BCUT2D eigenvalue weighted by Gasteiger charge is 2.22. The number of aromatic nitrogens is 2. The molecule has 0 unspecified atom stereocenters. The van der Waals surface area contributed by atoms with E-state index in [1.54, 1.807) is 31.2 Å². The normalized spacial score (nSPS) is 11.7. The molecule has 178 valence electrons. The van der Waals surface area contributed by atoms with Crippen LogP contribution >= 0.6 is 0 Å². The molecule has 0 spiro atoms. The number of halogens is 1. The summed E-state index contributed by atoms with van der Waals surface area (Å²) in [6.45, 7) is 3.63. The van der Waals surface area contributed by atoms with Crippen LogP contribution in [0, 0.1) is 12.7 Å². The lowest BCUT2D eigenvalue weighted by molar-refractivity contribution is 0.552. The molecule has 3 heterocycles. The zero-order valence-corrected chi connectivity index (χ0v) is 19.9. The van der Waals surface area contributed by atoms with Crippen LogP contribution in [-0.4, -0.2) is 9.55 Å². The highest BCUT2D eigenvalue weighted by Crippen LogP contribution is 2.33. The van der Waals surface area contributed by atoms with E-state index in [1.807, 2.05) is 42.8 Å². The van der Waals surface area contributed by atoms with Gasteiger partial charge in [-0.15, -0.1) is 0 Å². The van der Waals surface area contributed by atoms with Crippen LogP contribution in [0.4, 0.5) is 4.39 Å². The molecule has 0 aliphatic heterocycles. The second-order valence-electron chi connectivity index (χ2n) is 8.81. The second-order valence-corrected chi connectivity index (χ2v) is 8.81. The molecule has 0 radical (unpaired) electrons. The first-order chi connectivity index (χ1) is 17.4. The van der Waals surface area contributed by atoms with Gasteiger partial charge in [-0.05, 0) is 60.9 Å². The van der Waals surface area contributed by atoms with E-state index >= 15 is 0 Å². The summed E-state index contributed by atoms with van der Waals surface area (Å²) >= 11 is 0. The van der Waals surface area contributed by atoms with Crippen LogP contribution in [0.25, 0.3) is 55.5 Å². The van der Waals surface area contributed by atoms with Gasteiger partial charge in [0, 0.05) is 7.05 Å². The third-order valence-electron chi connectivity index (χ3n) is 6.67. The van der Waals surface area contributed by atoms with E-state index in [0.29, 0.717) is 56.6 Å². The summed E-state index contributed by atoms with van der Waals surface area (Å²) in [6.07, 6.45) is 0.542. The molecule has 3 aromatic heterocycles. The Morgan fingerprint density at radius 2 is 1.69 bits per heavy atom. The van der Waals surface area contributed by atoms with E-state index in [2.05, 4.69) is 4.98 Å². The predicted molar refractivity (Wildman–Crippen MR) is 138 cm³/mol. The van der Waals surface area contributed by atoms with Crippen molar-refractivity contribution in [1.82, 2.24) is 9.55 Å². The van der Waals surface area contributed by atoms with Gasteiger partial charge in [-0.25, -0.2) is 14.2 Å². The number of rotatable bonds is 3. The molecule has 0 aliphatic carbocycles. The Labute approximate surface area is 204 Å². The van der Waals surface area contributed by atoms with E-state index in [1.165, 1.54) is 12.1 Å². The van der Waals surface area contributed by atoms with Crippen LogP contribution in [0.1, 0.15) is 18.2 Å². The maximum Gasteiger partial charge on any atom is 0.347 e. The van der Waals surface area contributed by atoms with E-state index in [4.69, 9.17) is 8.83 Å². The first-order valence-corrected chi connectivity index (χ1v) is 11.6. The fourth-order valence-electron chi connectivity index (χ4n) is 4.86. The molecular weight excluding hydrogens is 459 g/mol. The lowest BCUT2D eigenvalue weighted by Gasteiger charge is -2.12. The maximum absolute atomic E-state index is 13.7. The summed E-state index contributed by atoms with van der Waals surface area (Å²) in [6, 6.07) is 16.8. The van der Waals surface area contributed by atoms with E-state index < -0.39 is 5.63 Å². The minimum absolute atomic E-state index is 0.229. The van der Waals surface area contributed by atoms with E-state index in [9.17, 15) is 14.0 Å². The number of fused-ring (bicyclic) bond motifs is 4. The minimum Gasteiger partial charge on any atom is -0.460 e. The highest BCUT2D eigenvalue weighted by atomic mass is 19.1. The first-order valence-electron chi connectivity index (χ1n) is 11.6. The molecule has 0 saturated heterocycles. The SMILES string of the molecule is CCc1cc2c(=O)c(-c3ccc(F)cc3)c(C)oc2c2cc(-c3nc4ccccc4n3C)c(=O)oc12. The van der Waals surface area contributed by atoms with Crippen molar-refractivity contribution in [2.75, 3.05) is 0 Å². The van der Waals surface area contributed by atoms with Crippen LogP contribution in [-0.2, 0) is 13.5 Å². The monoisotopic (exact) mass is 480 g/mol. The first kappa shape index (κ1) is 22.0. The largest absolute Gasteiger partial charge is 0.460 e. The quantitative estimate of drug-likeness (QED) is 0.225. The van der Waals surface area contributed by atoms with Gasteiger partial charge in [0.1, 0.15) is 34.1 Å². The molecule has 6 nitrogen and oxygen atoms in total. The van der Waals surface area contributed by atoms with Crippen LogP contribution in [0.3, 0.4) is 0 Å². The van der Waals surface area contributed by atoms with E-state index in [0.717, 1.165) is 11.0 Å². The summed E-state index contributed by atoms with van der Waals surface area (Å²) in [7, 11) is 1.84. The number of aryl methyl sites for hydroxylation is 3. The van der Waals surface area contributed by atoms with Crippen molar-refractivity contribution in [3.63, 3.8) is 0 Å². The highest BCUT2D eigenvalue weighted by molar-refractivity contribution is 6.05. The van der Waals surface area contributed by atoms with Crippen LogP contribution in [0.2, 0.25) is 0 Å². The molecule has 36 heavy (non-hydrogen) atoms. The van der Waals surface area contributed by atoms with Gasteiger partial charge in [0.25, 0.3) is 0 Å². The Hall–Kier alpha value is -4.52. The third-order valence-corrected chi connectivity index (χ3v) is 6.67. The van der Waals surface area contributed by atoms with Crippen molar-refractivity contribution in [2.24, 2.45) is 7.05 Å². The van der Waals surface area contributed by atoms with Crippen molar-refractivity contribution in [3.05, 3.63) is 98.4 Å². The Bertz CT molecular complexity index is 1950. The molecule has 0 saturated carbocycles. The molecule has 0 fully saturated rings. The number of hydrogen-bond acceptors (Lipinski definition) is 5. The van der Waals surface area contributed by atoms with Crippen LogP contribution in [0.5, 0.6) is 0 Å². The summed E-state index contributed by atoms with van der Waals surface area (Å²) < 4.78 is 27.4. The lowest BCUT2D eigenvalue weighted by Crippen LogP contribution is -2.10. The van der Waals surface area contributed by atoms with Gasteiger partial charge in [-0.1, -0.05) is 31.2 Å². The van der Waals surface area contributed by atoms with Crippen LogP contribution < -0.4 is 11.1 Å². The maximum atomic E-state index is 13.7. The van der Waals surface area contributed by atoms with Crippen molar-refractivity contribution in [1.29, 1.82) is 0 Å². The summed E-state index contributed by atoms with van der Waals surface area (Å²) in [5, 5.41) is 0.894. The topological polar surface area (TPSA) is 78.2 Å². The zero-order chi connectivity index (χ0) is 25.1. The average Bonchev–Trinajstić information content (AvgIpc) is 3.21. The Kier molecular flexibility index (Phi) is 4.89. The zero-order valence-electron chi connectivity index (χ0n) is 19.9. The van der Waals surface area contributed by atoms with Gasteiger partial charge in [0.15, 0.2) is 0 Å². The molecule has 3 aromatic carbocycles. The molecular formula is C29H21FN2O4. The molecule has 6 aromatic rings. The second kappa shape index (κ2) is 8.02. The van der Waals surface area contributed by atoms with Gasteiger partial charge < -0.3 is 13.4 Å². The fourth-order valence-corrected chi connectivity index (χ4v) is 4.86. The van der Waals surface area contributed by atoms with Crippen LogP contribution in [0.15, 0.2) is 79.1 Å². The van der Waals surface area contributed by atoms with Gasteiger partial charge in [-0.2, -0.15) is 0 Å². The smallest absolute Gasteiger partial charge is 0.347 e. The molecule has 6 rings (SSSR count). The van der Waals surface area contributed by atoms with Gasteiger partial charge in [-0.3, -0.25) is 4.79 Å². The molecule has 0 atom stereocenters. The number of imidazole rings is 1.